The van der Waals surface area contributed by atoms with Gasteiger partial charge in [-0.1, -0.05) is 31.9 Å². The van der Waals surface area contributed by atoms with Crippen LogP contribution < -0.4 is 5.73 Å². The first kappa shape index (κ1) is 15.0. The third-order valence-corrected chi connectivity index (χ3v) is 4.14. The highest BCUT2D eigenvalue weighted by molar-refractivity contribution is 5.86. The summed E-state index contributed by atoms with van der Waals surface area (Å²) in [5, 5.41) is 0. The smallest absolute Gasteiger partial charge is 0.242 e. The molecule has 0 bridgehead atoms. The van der Waals surface area contributed by atoms with E-state index in [0.29, 0.717) is 12.5 Å². The Hall–Kier alpha value is -1.42. The molecule has 4 heteroatoms. The lowest BCUT2D eigenvalue weighted by Crippen LogP contribution is -2.56. The number of halogens is 1. The van der Waals surface area contributed by atoms with Crippen LogP contribution in [0, 0.1) is 11.7 Å². The number of carbonyl (C=O) groups excluding carboxylic acids is 1. The molecule has 2 unspecified atom stereocenters. The summed E-state index contributed by atoms with van der Waals surface area (Å²) in [4.78, 5) is 14.2. The molecule has 2 rings (SSSR count). The van der Waals surface area contributed by atoms with Gasteiger partial charge in [-0.2, -0.15) is 0 Å². The molecule has 0 spiro atoms. The fourth-order valence-electron chi connectivity index (χ4n) is 3.10. The number of hydrogen-bond acceptors (Lipinski definition) is 2. The lowest BCUT2D eigenvalue weighted by Gasteiger charge is -2.38. The van der Waals surface area contributed by atoms with Crippen LogP contribution in [0.15, 0.2) is 24.3 Å². The summed E-state index contributed by atoms with van der Waals surface area (Å²) in [5.74, 6) is 0.226. The van der Waals surface area contributed by atoms with Crippen LogP contribution in [-0.2, 0) is 11.3 Å². The Labute approximate surface area is 120 Å². The first-order valence-electron chi connectivity index (χ1n) is 7.19. The maximum Gasteiger partial charge on any atom is 0.242 e. The van der Waals surface area contributed by atoms with Crippen molar-refractivity contribution in [2.24, 2.45) is 11.7 Å². The first-order valence-corrected chi connectivity index (χ1v) is 7.19. The number of nitrogens with two attached hydrogens (primary N) is 1. The highest BCUT2D eigenvalue weighted by Gasteiger charge is 2.39. The van der Waals surface area contributed by atoms with E-state index >= 15 is 0 Å². The van der Waals surface area contributed by atoms with Crippen molar-refractivity contribution in [3.63, 3.8) is 0 Å². The molecule has 1 aliphatic carbocycles. The lowest BCUT2D eigenvalue weighted by atomic mass is 9.76. The van der Waals surface area contributed by atoms with Crippen molar-refractivity contribution in [2.75, 3.05) is 7.05 Å². The van der Waals surface area contributed by atoms with Gasteiger partial charge in [0.1, 0.15) is 5.82 Å². The van der Waals surface area contributed by atoms with Gasteiger partial charge in [0.25, 0.3) is 0 Å². The Kier molecular flexibility index (Phi) is 4.43. The average molecular weight is 278 g/mol. The van der Waals surface area contributed by atoms with Crippen LogP contribution in [0.25, 0.3) is 0 Å². The third-order valence-electron chi connectivity index (χ3n) is 4.14. The van der Waals surface area contributed by atoms with Crippen LogP contribution in [0.3, 0.4) is 0 Å². The van der Waals surface area contributed by atoms with E-state index in [1.807, 2.05) is 0 Å². The summed E-state index contributed by atoms with van der Waals surface area (Å²) in [6, 6.07) is 6.22. The van der Waals surface area contributed by atoms with E-state index in [-0.39, 0.29) is 11.7 Å². The SMILES string of the molecule is CC1CCCC(N)(C(=O)N(C)Cc2ccc(F)cc2)C1. The second-order valence-electron chi connectivity index (χ2n) is 6.15. The molecule has 0 aromatic heterocycles. The van der Waals surface area contributed by atoms with Crippen molar-refractivity contribution >= 4 is 5.91 Å². The first-order chi connectivity index (χ1) is 9.40. The van der Waals surface area contributed by atoms with Crippen LogP contribution in [0.1, 0.15) is 38.2 Å². The highest BCUT2D eigenvalue weighted by Crippen LogP contribution is 2.31. The average Bonchev–Trinajstić information content (AvgIpc) is 2.40. The van der Waals surface area contributed by atoms with Crippen LogP contribution >= 0.6 is 0 Å². The number of likely N-dealkylation sites (N-methyl/N-ethyl adjacent to an activating group) is 1. The molecule has 1 aromatic rings. The molecule has 2 atom stereocenters. The van der Waals surface area contributed by atoms with Crippen LogP contribution in [0.2, 0.25) is 0 Å². The number of nitrogens with zero attached hydrogens (tertiary/aromatic N) is 1. The van der Waals surface area contributed by atoms with Crippen LogP contribution in [-0.4, -0.2) is 23.4 Å². The molecule has 1 aliphatic rings. The predicted molar refractivity (Wildman–Crippen MR) is 77.4 cm³/mol. The predicted octanol–water partition coefficient (Wildman–Crippen LogP) is 2.69. The second-order valence-corrected chi connectivity index (χ2v) is 6.15. The van der Waals surface area contributed by atoms with E-state index in [1.165, 1.54) is 12.1 Å². The van der Waals surface area contributed by atoms with Gasteiger partial charge in [-0.15, -0.1) is 0 Å². The molecule has 1 saturated carbocycles. The molecule has 1 aromatic carbocycles. The van der Waals surface area contributed by atoms with Crippen molar-refractivity contribution in [1.29, 1.82) is 0 Å². The van der Waals surface area contributed by atoms with E-state index in [1.54, 1.807) is 24.1 Å². The van der Waals surface area contributed by atoms with Gasteiger partial charge in [-0.3, -0.25) is 4.79 Å². The standard InChI is InChI=1S/C16H23FN2O/c1-12-4-3-9-16(18,10-12)15(20)19(2)11-13-5-7-14(17)8-6-13/h5-8,12H,3-4,9-11,18H2,1-2H3. The van der Waals surface area contributed by atoms with Crippen molar-refractivity contribution in [3.8, 4) is 0 Å². The Morgan fingerprint density at radius 2 is 2.10 bits per heavy atom. The number of hydrogen-bond donors (Lipinski definition) is 1. The zero-order valence-electron chi connectivity index (χ0n) is 12.2. The number of benzene rings is 1. The summed E-state index contributed by atoms with van der Waals surface area (Å²) >= 11 is 0. The van der Waals surface area contributed by atoms with Gasteiger partial charge >= 0.3 is 0 Å². The van der Waals surface area contributed by atoms with Crippen molar-refractivity contribution in [3.05, 3.63) is 35.6 Å². The summed E-state index contributed by atoms with van der Waals surface area (Å²) in [6.45, 7) is 2.61. The fraction of sp³-hybridized carbons (Fsp3) is 0.562. The molecule has 0 aliphatic heterocycles. The van der Waals surface area contributed by atoms with Gasteiger partial charge in [-0.05, 0) is 36.5 Å². The Bertz CT molecular complexity index is 474. The quantitative estimate of drug-likeness (QED) is 0.924. The van der Waals surface area contributed by atoms with E-state index in [4.69, 9.17) is 5.73 Å². The van der Waals surface area contributed by atoms with Crippen molar-refractivity contribution in [2.45, 2.75) is 44.7 Å². The highest BCUT2D eigenvalue weighted by atomic mass is 19.1. The third kappa shape index (κ3) is 3.37. The van der Waals surface area contributed by atoms with Crippen molar-refractivity contribution in [1.82, 2.24) is 4.90 Å². The second kappa shape index (κ2) is 5.92. The zero-order valence-corrected chi connectivity index (χ0v) is 12.2. The van der Waals surface area contributed by atoms with Crippen molar-refractivity contribution < 1.29 is 9.18 Å². The summed E-state index contributed by atoms with van der Waals surface area (Å²) < 4.78 is 12.9. The molecular weight excluding hydrogens is 255 g/mol. The molecular formula is C16H23FN2O. The van der Waals surface area contributed by atoms with Gasteiger partial charge in [-0.25, -0.2) is 4.39 Å². The van der Waals surface area contributed by atoms with E-state index in [9.17, 15) is 9.18 Å². The maximum atomic E-state index is 12.9. The maximum absolute atomic E-state index is 12.9. The molecule has 1 fully saturated rings. The minimum Gasteiger partial charge on any atom is -0.340 e. The summed E-state index contributed by atoms with van der Waals surface area (Å²) in [6.07, 6.45) is 3.66. The summed E-state index contributed by atoms with van der Waals surface area (Å²) in [7, 11) is 1.76. The van der Waals surface area contributed by atoms with Crippen LogP contribution in [0.5, 0.6) is 0 Å². The zero-order chi connectivity index (χ0) is 14.8. The van der Waals surface area contributed by atoms with Gasteiger partial charge < -0.3 is 10.6 Å². The monoisotopic (exact) mass is 278 g/mol. The normalized spacial score (nSPS) is 26.3. The molecule has 2 N–H and O–H groups in total. The Morgan fingerprint density at radius 3 is 2.70 bits per heavy atom. The van der Waals surface area contributed by atoms with E-state index < -0.39 is 5.54 Å². The minimum atomic E-state index is -0.730. The van der Waals surface area contributed by atoms with E-state index in [0.717, 1.165) is 31.2 Å². The minimum absolute atomic E-state index is 0.00613. The Morgan fingerprint density at radius 1 is 1.45 bits per heavy atom. The Balaban J connectivity index is 2.02. The van der Waals surface area contributed by atoms with Gasteiger partial charge in [0.05, 0.1) is 5.54 Å². The fourth-order valence-corrected chi connectivity index (χ4v) is 3.10. The molecule has 3 nitrogen and oxygen atoms in total. The molecule has 0 heterocycles. The molecule has 0 radical (unpaired) electrons. The molecule has 0 saturated heterocycles. The van der Waals surface area contributed by atoms with Crippen LogP contribution in [0.4, 0.5) is 4.39 Å². The number of carbonyl (C=O) groups is 1. The van der Waals surface area contributed by atoms with Gasteiger partial charge in [0.15, 0.2) is 0 Å². The van der Waals surface area contributed by atoms with Gasteiger partial charge in [0.2, 0.25) is 5.91 Å². The summed E-state index contributed by atoms with van der Waals surface area (Å²) in [5.41, 5.74) is 6.50. The lowest BCUT2D eigenvalue weighted by molar-refractivity contribution is -0.138. The van der Waals surface area contributed by atoms with Gasteiger partial charge in [0, 0.05) is 13.6 Å². The molecule has 20 heavy (non-hydrogen) atoms. The van der Waals surface area contributed by atoms with E-state index in [2.05, 4.69) is 6.92 Å². The largest absolute Gasteiger partial charge is 0.340 e. The number of rotatable bonds is 3. The number of amides is 1. The molecule has 1 amide bonds. The molecule has 110 valence electrons. The topological polar surface area (TPSA) is 46.3 Å².